The molecule has 0 bridgehead atoms. The lowest BCUT2D eigenvalue weighted by molar-refractivity contribution is 0.183. The number of ether oxygens (including phenoxy) is 1. The van der Waals surface area contributed by atoms with Crippen LogP contribution >= 0.6 is 0 Å². The average Bonchev–Trinajstić information content (AvgIpc) is 3.61. The third-order valence-corrected chi connectivity index (χ3v) is 7.03. The van der Waals surface area contributed by atoms with E-state index in [0.717, 1.165) is 54.9 Å². The Morgan fingerprint density at radius 2 is 1.71 bits per heavy atom. The van der Waals surface area contributed by atoms with Crippen molar-refractivity contribution in [3.05, 3.63) is 24.5 Å². The number of hydrogen-bond donors (Lipinski definition) is 2. The maximum atomic E-state index is 12.5. The van der Waals surface area contributed by atoms with E-state index < -0.39 is 0 Å². The molecule has 2 amide bonds. The quantitative estimate of drug-likeness (QED) is 0.409. The summed E-state index contributed by atoms with van der Waals surface area (Å²) in [5.41, 5.74) is 1.02. The summed E-state index contributed by atoms with van der Waals surface area (Å²) in [6.45, 7) is 10.2. The molecule has 5 heterocycles. The highest BCUT2D eigenvalue weighted by atomic mass is 16.5. The first-order valence-electron chi connectivity index (χ1n) is 13.5. The van der Waals surface area contributed by atoms with Crippen molar-refractivity contribution in [1.82, 2.24) is 34.9 Å². The first-order valence-corrected chi connectivity index (χ1v) is 13.5. The molecule has 2 saturated heterocycles. The highest BCUT2D eigenvalue weighted by Crippen LogP contribution is 2.27. The van der Waals surface area contributed by atoms with Crippen LogP contribution in [0.4, 0.5) is 28.2 Å². The number of carbonyl (C=O) groups excluding carboxylic acids is 1. The van der Waals surface area contributed by atoms with Gasteiger partial charge in [-0.1, -0.05) is 0 Å². The number of carbonyl (C=O) groups is 1. The molecule has 0 unspecified atom stereocenters. The minimum atomic E-state index is -0.0225. The maximum absolute atomic E-state index is 12.5. The second-order valence-electron chi connectivity index (χ2n) is 10.1. The molecule has 0 spiro atoms. The molecule has 3 aromatic rings. The normalized spacial score (nSPS) is 16.1. The number of amides is 2. The van der Waals surface area contributed by atoms with Crippen molar-refractivity contribution >= 4 is 40.3 Å². The van der Waals surface area contributed by atoms with E-state index in [2.05, 4.69) is 50.4 Å². The zero-order valence-corrected chi connectivity index (χ0v) is 22.6. The van der Waals surface area contributed by atoms with Gasteiger partial charge in [-0.05, 0) is 33.1 Å². The highest BCUT2D eigenvalue weighted by molar-refractivity contribution is 5.81. The minimum absolute atomic E-state index is 0.0225. The number of methoxy groups -OCH3 is 1. The Balaban J connectivity index is 1.32. The third-order valence-electron chi connectivity index (χ3n) is 7.03. The second-order valence-corrected chi connectivity index (χ2v) is 10.1. The van der Waals surface area contributed by atoms with Crippen LogP contribution in [-0.4, -0.2) is 95.2 Å². The molecule has 0 saturated carbocycles. The standard InChI is InChI=1S/C26H38N10O2/c1-19(2)36-21-15-22(28-17-20(21)18-29-36)30-25-31-23(33-8-4-5-9-33)16-24(32-25)34-10-12-35(13-11-34)26(37)27-7-6-14-38-3/h15-19H,4-14H2,1-3H3,(H,27,37)(H,28,30,31,32). The van der Waals surface area contributed by atoms with Crippen LogP contribution in [0.2, 0.25) is 0 Å². The van der Waals surface area contributed by atoms with Crippen LogP contribution in [0.1, 0.15) is 39.2 Å². The van der Waals surface area contributed by atoms with Crippen LogP contribution in [0.3, 0.4) is 0 Å². The molecule has 3 aromatic heterocycles. The fourth-order valence-corrected chi connectivity index (χ4v) is 4.94. The van der Waals surface area contributed by atoms with Crippen LogP contribution in [0, 0.1) is 0 Å². The highest BCUT2D eigenvalue weighted by Gasteiger charge is 2.24. The van der Waals surface area contributed by atoms with Crippen molar-refractivity contribution < 1.29 is 9.53 Å². The van der Waals surface area contributed by atoms with E-state index in [-0.39, 0.29) is 12.1 Å². The Morgan fingerprint density at radius 1 is 1.00 bits per heavy atom. The van der Waals surface area contributed by atoms with E-state index in [1.807, 2.05) is 28.0 Å². The van der Waals surface area contributed by atoms with Gasteiger partial charge in [0.2, 0.25) is 5.95 Å². The van der Waals surface area contributed by atoms with Gasteiger partial charge in [-0.15, -0.1) is 0 Å². The van der Waals surface area contributed by atoms with Gasteiger partial charge in [0.1, 0.15) is 17.5 Å². The molecule has 5 rings (SSSR count). The summed E-state index contributed by atoms with van der Waals surface area (Å²) in [7, 11) is 1.67. The van der Waals surface area contributed by atoms with E-state index in [9.17, 15) is 4.79 Å². The zero-order chi connectivity index (χ0) is 26.5. The predicted octanol–water partition coefficient (Wildman–Crippen LogP) is 3.01. The second kappa shape index (κ2) is 11.8. The third kappa shape index (κ3) is 5.90. The van der Waals surface area contributed by atoms with Crippen LogP contribution in [0.15, 0.2) is 24.5 Å². The number of fused-ring (bicyclic) bond motifs is 1. The van der Waals surface area contributed by atoms with E-state index in [1.165, 1.54) is 0 Å². The molecule has 38 heavy (non-hydrogen) atoms. The van der Waals surface area contributed by atoms with Gasteiger partial charge in [-0.3, -0.25) is 4.68 Å². The summed E-state index contributed by atoms with van der Waals surface area (Å²) in [5, 5.41) is 11.8. The van der Waals surface area contributed by atoms with Crippen LogP contribution in [0.25, 0.3) is 10.9 Å². The molecule has 2 aliphatic rings. The summed E-state index contributed by atoms with van der Waals surface area (Å²) < 4.78 is 7.04. The fraction of sp³-hybridized carbons (Fsp3) is 0.577. The van der Waals surface area contributed by atoms with Gasteiger partial charge in [-0.25, -0.2) is 9.78 Å². The summed E-state index contributed by atoms with van der Waals surface area (Å²) >= 11 is 0. The van der Waals surface area contributed by atoms with Gasteiger partial charge in [0, 0.05) is 89.3 Å². The summed E-state index contributed by atoms with van der Waals surface area (Å²) in [4.78, 5) is 33.2. The number of hydrogen-bond acceptors (Lipinski definition) is 9. The largest absolute Gasteiger partial charge is 0.385 e. The molecule has 0 radical (unpaired) electrons. The predicted molar refractivity (Wildman–Crippen MR) is 148 cm³/mol. The van der Waals surface area contributed by atoms with Gasteiger partial charge in [-0.2, -0.15) is 15.1 Å². The van der Waals surface area contributed by atoms with E-state index in [0.29, 0.717) is 51.1 Å². The van der Waals surface area contributed by atoms with Gasteiger partial charge in [0.05, 0.1) is 11.7 Å². The smallest absolute Gasteiger partial charge is 0.317 e. The van der Waals surface area contributed by atoms with Gasteiger partial charge in [0.25, 0.3) is 0 Å². The molecule has 0 atom stereocenters. The molecule has 2 N–H and O–H groups in total. The van der Waals surface area contributed by atoms with Crippen molar-refractivity contribution in [2.24, 2.45) is 0 Å². The topological polar surface area (TPSA) is 117 Å². The molecule has 12 heteroatoms. The molecular weight excluding hydrogens is 484 g/mol. The van der Waals surface area contributed by atoms with Crippen molar-refractivity contribution in [3.63, 3.8) is 0 Å². The van der Waals surface area contributed by atoms with Gasteiger partial charge >= 0.3 is 6.03 Å². The Bertz CT molecular complexity index is 1230. The average molecular weight is 523 g/mol. The SMILES string of the molecule is COCCCNC(=O)N1CCN(c2cc(N3CCCC3)nc(Nc3cc4c(cn3)cnn4C(C)C)n2)CC1. The molecule has 204 valence electrons. The lowest BCUT2D eigenvalue weighted by atomic mass is 10.3. The molecule has 12 nitrogen and oxygen atoms in total. The lowest BCUT2D eigenvalue weighted by Gasteiger charge is -2.35. The van der Waals surface area contributed by atoms with Crippen LogP contribution in [-0.2, 0) is 4.74 Å². The number of nitrogens with one attached hydrogen (secondary N) is 2. The lowest BCUT2D eigenvalue weighted by Crippen LogP contribution is -2.52. The Labute approximate surface area is 223 Å². The summed E-state index contributed by atoms with van der Waals surface area (Å²) in [6, 6.07) is 4.29. The van der Waals surface area contributed by atoms with Crippen molar-refractivity contribution in [2.45, 2.75) is 39.2 Å². The van der Waals surface area contributed by atoms with Gasteiger partial charge in [0.15, 0.2) is 0 Å². The first kappa shape index (κ1) is 26.0. The molecule has 0 aliphatic carbocycles. The first-order chi connectivity index (χ1) is 18.5. The zero-order valence-electron chi connectivity index (χ0n) is 22.6. The van der Waals surface area contributed by atoms with Crippen LogP contribution in [0.5, 0.6) is 0 Å². The summed E-state index contributed by atoms with van der Waals surface area (Å²) in [5.74, 6) is 2.98. The van der Waals surface area contributed by atoms with Crippen molar-refractivity contribution in [2.75, 3.05) is 74.6 Å². The number of pyridine rings is 1. The van der Waals surface area contributed by atoms with E-state index in [1.54, 1.807) is 7.11 Å². The maximum Gasteiger partial charge on any atom is 0.317 e. The Hall–Kier alpha value is -3.67. The number of rotatable bonds is 9. The molecule has 2 aliphatic heterocycles. The van der Waals surface area contributed by atoms with E-state index >= 15 is 0 Å². The molecule has 2 fully saturated rings. The molecular formula is C26H38N10O2. The van der Waals surface area contributed by atoms with E-state index in [4.69, 9.17) is 14.7 Å². The Kier molecular flexibility index (Phi) is 8.06. The number of urea groups is 1. The van der Waals surface area contributed by atoms with Crippen molar-refractivity contribution in [3.8, 4) is 0 Å². The Morgan fingerprint density at radius 3 is 2.39 bits per heavy atom. The van der Waals surface area contributed by atoms with Crippen molar-refractivity contribution in [1.29, 1.82) is 0 Å². The van der Waals surface area contributed by atoms with Gasteiger partial charge < -0.3 is 30.1 Å². The minimum Gasteiger partial charge on any atom is -0.385 e. The number of nitrogens with zero attached hydrogens (tertiary/aromatic N) is 8. The number of anilines is 4. The number of piperazine rings is 1. The van der Waals surface area contributed by atoms with Crippen LogP contribution < -0.4 is 20.4 Å². The molecule has 0 aromatic carbocycles. The fourth-order valence-electron chi connectivity index (χ4n) is 4.94. The monoisotopic (exact) mass is 522 g/mol. The summed E-state index contributed by atoms with van der Waals surface area (Å²) in [6.07, 6.45) is 6.80. The number of aromatic nitrogens is 5.